The highest BCUT2D eigenvalue weighted by Gasteiger charge is 2.18. The second kappa shape index (κ2) is 8.12. The van der Waals surface area contributed by atoms with Crippen LogP contribution in [0, 0.1) is 13.8 Å². The van der Waals surface area contributed by atoms with E-state index in [0.29, 0.717) is 10.9 Å². The normalized spacial score (nSPS) is 13.3. The van der Waals surface area contributed by atoms with Gasteiger partial charge in [-0.15, -0.1) is 5.10 Å². The van der Waals surface area contributed by atoms with Gasteiger partial charge in [0.1, 0.15) is 0 Å². The third kappa shape index (κ3) is 4.19. The second-order valence-electron chi connectivity index (χ2n) is 6.85. The van der Waals surface area contributed by atoms with E-state index >= 15 is 0 Å². The molecule has 0 unspecified atom stereocenters. The van der Waals surface area contributed by atoms with Crippen LogP contribution in [0.3, 0.4) is 0 Å². The Hall–Kier alpha value is -3.07. The van der Waals surface area contributed by atoms with Gasteiger partial charge in [0.2, 0.25) is 17.9 Å². The molecule has 0 saturated carbocycles. The zero-order valence-electron chi connectivity index (χ0n) is 16.4. The minimum atomic E-state index is -0.159. The molecule has 2 aromatic carbocycles. The van der Waals surface area contributed by atoms with E-state index in [-0.39, 0.29) is 24.5 Å². The first-order valence-corrected chi connectivity index (χ1v) is 10.2. The molecule has 2 heterocycles. The number of carbonyl (C=O) groups excluding carboxylic acids is 1. The molecule has 0 saturated heterocycles. The standard InChI is InChI=1S/C20H21N5O3S/c1-12-4-6-16(13(2)8-12)25-20(22-23-24-25)29-10-19(26)21-14(3)15-5-7-17-18(9-15)28-11-27-17/h4-9,14H,10-11H2,1-3H3,(H,21,26)/t14-/m1/s1. The number of rotatable bonds is 6. The minimum absolute atomic E-state index is 0.102. The van der Waals surface area contributed by atoms with E-state index in [4.69, 9.17) is 9.47 Å². The number of hydrogen-bond donors (Lipinski definition) is 1. The summed E-state index contributed by atoms with van der Waals surface area (Å²) in [6.07, 6.45) is 0. The van der Waals surface area contributed by atoms with E-state index in [1.807, 2.05) is 51.1 Å². The Labute approximate surface area is 172 Å². The van der Waals surface area contributed by atoms with Crippen molar-refractivity contribution in [2.75, 3.05) is 12.5 Å². The number of carbonyl (C=O) groups is 1. The number of tetrazole rings is 1. The number of amides is 1. The maximum atomic E-state index is 12.4. The van der Waals surface area contributed by atoms with Crippen LogP contribution < -0.4 is 14.8 Å². The van der Waals surface area contributed by atoms with Gasteiger partial charge >= 0.3 is 0 Å². The van der Waals surface area contributed by atoms with Crippen LogP contribution >= 0.6 is 11.8 Å². The molecule has 8 nitrogen and oxygen atoms in total. The van der Waals surface area contributed by atoms with Gasteiger partial charge in [-0.1, -0.05) is 35.5 Å². The Bertz CT molecular complexity index is 1050. The monoisotopic (exact) mass is 411 g/mol. The van der Waals surface area contributed by atoms with E-state index in [0.717, 1.165) is 22.6 Å². The second-order valence-corrected chi connectivity index (χ2v) is 7.80. The minimum Gasteiger partial charge on any atom is -0.454 e. The van der Waals surface area contributed by atoms with Crippen LogP contribution in [0.4, 0.5) is 0 Å². The Balaban J connectivity index is 1.38. The van der Waals surface area contributed by atoms with Crippen molar-refractivity contribution < 1.29 is 14.3 Å². The number of hydrogen-bond acceptors (Lipinski definition) is 7. The Morgan fingerprint density at radius 1 is 1.21 bits per heavy atom. The molecule has 1 aromatic heterocycles. The number of nitrogens with zero attached hydrogens (tertiary/aromatic N) is 4. The van der Waals surface area contributed by atoms with Crippen molar-refractivity contribution in [1.29, 1.82) is 0 Å². The number of aryl methyl sites for hydroxylation is 2. The summed E-state index contributed by atoms with van der Waals surface area (Å²) in [4.78, 5) is 12.4. The fraction of sp³-hybridized carbons (Fsp3) is 0.300. The molecule has 150 valence electrons. The molecule has 0 radical (unpaired) electrons. The van der Waals surface area contributed by atoms with Crippen molar-refractivity contribution in [2.24, 2.45) is 0 Å². The summed E-state index contributed by atoms with van der Waals surface area (Å²) < 4.78 is 12.4. The van der Waals surface area contributed by atoms with Gasteiger partial charge in [-0.05, 0) is 60.5 Å². The maximum absolute atomic E-state index is 12.4. The topological polar surface area (TPSA) is 91.2 Å². The van der Waals surface area contributed by atoms with Crippen molar-refractivity contribution in [2.45, 2.75) is 32.0 Å². The van der Waals surface area contributed by atoms with Gasteiger partial charge in [0, 0.05) is 0 Å². The maximum Gasteiger partial charge on any atom is 0.231 e. The van der Waals surface area contributed by atoms with Gasteiger partial charge in [0.15, 0.2) is 11.5 Å². The van der Waals surface area contributed by atoms with Gasteiger partial charge in [-0.2, -0.15) is 4.68 Å². The summed E-state index contributed by atoms with van der Waals surface area (Å²) in [5, 5.41) is 15.5. The number of benzene rings is 2. The predicted molar refractivity (Wildman–Crippen MR) is 108 cm³/mol. The first kappa shape index (κ1) is 19.3. The molecule has 3 aromatic rings. The molecule has 9 heteroatoms. The highest BCUT2D eigenvalue weighted by atomic mass is 32.2. The van der Waals surface area contributed by atoms with Crippen molar-refractivity contribution in [3.05, 3.63) is 53.1 Å². The number of ether oxygens (including phenoxy) is 2. The number of nitrogens with one attached hydrogen (secondary N) is 1. The van der Waals surface area contributed by atoms with Crippen molar-refractivity contribution in [1.82, 2.24) is 25.5 Å². The van der Waals surface area contributed by atoms with Crippen molar-refractivity contribution in [3.8, 4) is 17.2 Å². The molecule has 0 bridgehead atoms. The number of aromatic nitrogens is 4. The van der Waals surface area contributed by atoms with Crippen LogP contribution in [-0.2, 0) is 4.79 Å². The smallest absolute Gasteiger partial charge is 0.231 e. The third-order valence-corrected chi connectivity index (χ3v) is 5.55. The first-order chi connectivity index (χ1) is 14.0. The molecule has 1 N–H and O–H groups in total. The molecule has 29 heavy (non-hydrogen) atoms. The lowest BCUT2D eigenvalue weighted by atomic mass is 10.1. The van der Waals surface area contributed by atoms with Gasteiger partial charge in [0.25, 0.3) is 0 Å². The SMILES string of the molecule is Cc1ccc(-n2nnnc2SCC(=O)N[C@H](C)c2ccc3c(c2)OCO3)c(C)c1. The Morgan fingerprint density at radius 2 is 2.03 bits per heavy atom. The summed E-state index contributed by atoms with van der Waals surface area (Å²) in [7, 11) is 0. The summed E-state index contributed by atoms with van der Waals surface area (Å²) in [6.45, 7) is 6.21. The highest BCUT2D eigenvalue weighted by molar-refractivity contribution is 7.99. The van der Waals surface area contributed by atoms with Crippen LogP contribution in [-0.4, -0.2) is 38.7 Å². The Morgan fingerprint density at radius 3 is 2.86 bits per heavy atom. The number of thioether (sulfide) groups is 1. The van der Waals surface area contributed by atoms with Crippen molar-refractivity contribution in [3.63, 3.8) is 0 Å². The molecule has 0 spiro atoms. The van der Waals surface area contributed by atoms with E-state index in [1.165, 1.54) is 17.3 Å². The predicted octanol–water partition coefficient (Wildman–Crippen LogP) is 2.98. The van der Waals surface area contributed by atoms with Crippen LogP contribution in [0.5, 0.6) is 11.5 Å². The van der Waals surface area contributed by atoms with Gasteiger partial charge in [-0.3, -0.25) is 4.79 Å². The molecule has 1 aliphatic heterocycles. The van der Waals surface area contributed by atoms with Gasteiger partial charge < -0.3 is 14.8 Å². The van der Waals surface area contributed by atoms with Crippen molar-refractivity contribution >= 4 is 17.7 Å². The van der Waals surface area contributed by atoms with E-state index in [9.17, 15) is 4.79 Å². The first-order valence-electron chi connectivity index (χ1n) is 9.19. The summed E-state index contributed by atoms with van der Waals surface area (Å²) in [6, 6.07) is 11.6. The molecular formula is C20H21N5O3S. The lowest BCUT2D eigenvalue weighted by molar-refractivity contribution is -0.119. The molecule has 4 rings (SSSR count). The lowest BCUT2D eigenvalue weighted by Crippen LogP contribution is -2.28. The molecule has 0 fully saturated rings. The third-order valence-electron chi connectivity index (χ3n) is 4.63. The van der Waals surface area contributed by atoms with Gasteiger partial charge in [0.05, 0.1) is 17.5 Å². The average Bonchev–Trinajstić information content (AvgIpc) is 3.35. The Kier molecular flexibility index (Phi) is 5.39. The van der Waals surface area contributed by atoms with Crippen LogP contribution in [0.2, 0.25) is 0 Å². The summed E-state index contributed by atoms with van der Waals surface area (Å²) in [5.74, 6) is 1.53. The summed E-state index contributed by atoms with van der Waals surface area (Å²) in [5.41, 5.74) is 4.09. The van der Waals surface area contributed by atoms with Crippen LogP contribution in [0.15, 0.2) is 41.6 Å². The molecule has 1 atom stereocenters. The molecular weight excluding hydrogens is 390 g/mol. The lowest BCUT2D eigenvalue weighted by Gasteiger charge is -2.14. The van der Waals surface area contributed by atoms with E-state index in [1.54, 1.807) is 4.68 Å². The molecule has 1 aliphatic rings. The van der Waals surface area contributed by atoms with Crippen LogP contribution in [0.25, 0.3) is 5.69 Å². The zero-order valence-corrected chi connectivity index (χ0v) is 17.2. The summed E-state index contributed by atoms with van der Waals surface area (Å²) >= 11 is 1.30. The number of fused-ring (bicyclic) bond motifs is 1. The van der Waals surface area contributed by atoms with E-state index < -0.39 is 0 Å². The quantitative estimate of drug-likeness (QED) is 0.624. The average molecular weight is 411 g/mol. The van der Waals surface area contributed by atoms with E-state index in [2.05, 4.69) is 26.9 Å². The van der Waals surface area contributed by atoms with Crippen LogP contribution in [0.1, 0.15) is 29.7 Å². The van der Waals surface area contributed by atoms with Gasteiger partial charge in [-0.25, -0.2) is 0 Å². The zero-order chi connectivity index (χ0) is 20.4. The largest absolute Gasteiger partial charge is 0.454 e. The molecule has 0 aliphatic carbocycles. The highest BCUT2D eigenvalue weighted by Crippen LogP contribution is 2.34. The molecule has 1 amide bonds. The fourth-order valence-corrected chi connectivity index (χ4v) is 3.84. The fourth-order valence-electron chi connectivity index (χ4n) is 3.14.